The first-order valence-electron chi connectivity index (χ1n) is 7.54. The van der Waals surface area contributed by atoms with E-state index >= 15 is 0 Å². The molecular formula is C16H17ClN4O3. The lowest BCUT2D eigenvalue weighted by molar-refractivity contribution is -0.125. The Morgan fingerprint density at radius 1 is 1.54 bits per heavy atom. The molecule has 1 aliphatic heterocycles. The number of phenolic OH excluding ortho intramolecular Hbond substituents is 1. The number of oxime groups is 1. The number of hydrogen-bond acceptors (Lipinski definition) is 5. The van der Waals surface area contributed by atoms with E-state index in [0.717, 1.165) is 17.8 Å². The van der Waals surface area contributed by atoms with E-state index in [-0.39, 0.29) is 11.4 Å². The van der Waals surface area contributed by atoms with Crippen LogP contribution in [0.1, 0.15) is 24.6 Å². The van der Waals surface area contributed by atoms with Crippen LogP contribution >= 0.6 is 11.6 Å². The number of aromatic nitrogens is 2. The van der Waals surface area contributed by atoms with E-state index in [1.54, 1.807) is 6.20 Å². The molecule has 1 amide bonds. The van der Waals surface area contributed by atoms with Crippen LogP contribution in [0.4, 0.5) is 5.69 Å². The second-order valence-electron chi connectivity index (χ2n) is 5.45. The van der Waals surface area contributed by atoms with E-state index in [1.165, 1.54) is 18.2 Å². The van der Waals surface area contributed by atoms with Crippen molar-refractivity contribution in [3.05, 3.63) is 40.7 Å². The van der Waals surface area contributed by atoms with Gasteiger partial charge in [0.2, 0.25) is 6.10 Å². The molecule has 0 fully saturated rings. The van der Waals surface area contributed by atoms with Crippen molar-refractivity contribution in [1.82, 2.24) is 9.78 Å². The minimum Gasteiger partial charge on any atom is -0.506 e. The van der Waals surface area contributed by atoms with Gasteiger partial charge in [0.1, 0.15) is 5.75 Å². The summed E-state index contributed by atoms with van der Waals surface area (Å²) in [4.78, 5) is 17.6. The number of halogens is 1. The molecule has 1 aromatic carbocycles. The van der Waals surface area contributed by atoms with Crippen LogP contribution in [0.5, 0.6) is 5.75 Å². The van der Waals surface area contributed by atoms with Crippen LogP contribution in [0, 0.1) is 6.92 Å². The number of nitrogens with zero attached hydrogens (tertiary/aromatic N) is 3. The summed E-state index contributed by atoms with van der Waals surface area (Å²) in [5, 5.41) is 21.1. The summed E-state index contributed by atoms with van der Waals surface area (Å²) < 4.78 is 1.86. The molecule has 0 spiro atoms. The van der Waals surface area contributed by atoms with Crippen LogP contribution in [0.2, 0.25) is 5.02 Å². The Morgan fingerprint density at radius 2 is 2.33 bits per heavy atom. The van der Waals surface area contributed by atoms with Crippen molar-refractivity contribution in [1.29, 1.82) is 0 Å². The van der Waals surface area contributed by atoms with Crippen molar-refractivity contribution in [2.45, 2.75) is 32.9 Å². The zero-order valence-electron chi connectivity index (χ0n) is 13.3. The first kappa shape index (κ1) is 16.3. The van der Waals surface area contributed by atoms with Gasteiger partial charge in [-0.05, 0) is 32.0 Å². The van der Waals surface area contributed by atoms with E-state index in [0.29, 0.717) is 17.2 Å². The van der Waals surface area contributed by atoms with Crippen LogP contribution in [0.25, 0.3) is 0 Å². The SMILES string of the molecule is CCn1ncc(C2=NOC(C(=O)Nc3cc(Cl)ccc3O)C2)c1C. The predicted molar refractivity (Wildman–Crippen MR) is 90.4 cm³/mol. The maximum atomic E-state index is 12.3. The monoisotopic (exact) mass is 348 g/mol. The van der Waals surface area contributed by atoms with Crippen molar-refractivity contribution in [2.24, 2.45) is 5.16 Å². The first-order valence-corrected chi connectivity index (χ1v) is 7.92. The number of phenols is 1. The fraction of sp³-hybridized carbons (Fsp3) is 0.312. The molecule has 8 heteroatoms. The minimum absolute atomic E-state index is 0.0630. The van der Waals surface area contributed by atoms with Gasteiger partial charge < -0.3 is 15.3 Å². The van der Waals surface area contributed by atoms with Gasteiger partial charge in [-0.25, -0.2) is 0 Å². The van der Waals surface area contributed by atoms with E-state index in [2.05, 4.69) is 15.6 Å². The highest BCUT2D eigenvalue weighted by atomic mass is 35.5. The fourth-order valence-electron chi connectivity index (χ4n) is 2.55. The van der Waals surface area contributed by atoms with Gasteiger partial charge in [-0.2, -0.15) is 5.10 Å². The third-order valence-electron chi connectivity index (χ3n) is 3.89. The molecule has 1 unspecified atom stereocenters. The van der Waals surface area contributed by atoms with Gasteiger partial charge in [-0.3, -0.25) is 9.48 Å². The van der Waals surface area contributed by atoms with E-state index < -0.39 is 12.0 Å². The third-order valence-corrected chi connectivity index (χ3v) is 4.13. The highest BCUT2D eigenvalue weighted by Crippen LogP contribution is 2.28. The molecule has 3 rings (SSSR count). The lowest BCUT2D eigenvalue weighted by Crippen LogP contribution is -2.28. The molecule has 1 atom stereocenters. The number of aryl methyl sites for hydroxylation is 1. The summed E-state index contributed by atoms with van der Waals surface area (Å²) >= 11 is 5.87. The highest BCUT2D eigenvalue weighted by molar-refractivity contribution is 6.31. The zero-order chi connectivity index (χ0) is 17.3. The van der Waals surface area contributed by atoms with Gasteiger partial charge in [0.05, 0.1) is 17.6 Å². The summed E-state index contributed by atoms with van der Waals surface area (Å²) in [6.45, 7) is 4.72. The fourth-order valence-corrected chi connectivity index (χ4v) is 2.72. The van der Waals surface area contributed by atoms with Crippen molar-refractivity contribution >= 4 is 28.9 Å². The van der Waals surface area contributed by atoms with Crippen LogP contribution in [0.15, 0.2) is 29.6 Å². The minimum atomic E-state index is -0.761. The normalized spacial score (nSPS) is 16.6. The summed E-state index contributed by atoms with van der Waals surface area (Å²) in [7, 11) is 0. The lowest BCUT2D eigenvalue weighted by Gasteiger charge is -2.11. The van der Waals surface area contributed by atoms with Crippen LogP contribution in [0.3, 0.4) is 0 Å². The van der Waals surface area contributed by atoms with Crippen molar-refractivity contribution < 1.29 is 14.7 Å². The molecule has 1 aliphatic rings. The van der Waals surface area contributed by atoms with Gasteiger partial charge >= 0.3 is 0 Å². The molecule has 2 N–H and O–H groups in total. The summed E-state index contributed by atoms with van der Waals surface area (Å²) in [6, 6.07) is 4.42. The van der Waals surface area contributed by atoms with Gasteiger partial charge in [0, 0.05) is 29.2 Å². The number of aromatic hydroxyl groups is 1. The number of hydrogen-bond donors (Lipinski definition) is 2. The van der Waals surface area contributed by atoms with Crippen molar-refractivity contribution in [2.75, 3.05) is 5.32 Å². The van der Waals surface area contributed by atoms with Gasteiger partial charge in [-0.15, -0.1) is 0 Å². The van der Waals surface area contributed by atoms with Crippen LogP contribution in [-0.2, 0) is 16.2 Å². The van der Waals surface area contributed by atoms with Gasteiger partial charge in [-0.1, -0.05) is 16.8 Å². The predicted octanol–water partition coefficient (Wildman–Crippen LogP) is 2.70. The Bertz CT molecular complexity index is 816. The first-order chi connectivity index (χ1) is 11.5. The number of amides is 1. The van der Waals surface area contributed by atoms with E-state index in [9.17, 15) is 9.90 Å². The Hall–Kier alpha value is -2.54. The van der Waals surface area contributed by atoms with Crippen LogP contribution in [-0.4, -0.2) is 32.6 Å². The summed E-state index contributed by atoms with van der Waals surface area (Å²) in [6.07, 6.45) is 1.30. The Labute approximate surface area is 143 Å². The molecule has 0 saturated heterocycles. The number of nitrogens with one attached hydrogen (secondary N) is 1. The topological polar surface area (TPSA) is 88.7 Å². The third kappa shape index (κ3) is 3.07. The van der Waals surface area contributed by atoms with Gasteiger partial charge in [0.15, 0.2) is 0 Å². The number of benzene rings is 1. The van der Waals surface area contributed by atoms with E-state index in [4.69, 9.17) is 16.4 Å². The molecule has 2 heterocycles. The molecule has 2 aromatic rings. The molecule has 24 heavy (non-hydrogen) atoms. The Kier molecular flexibility index (Phi) is 4.44. The standard InChI is InChI=1S/C16H17ClN4O3/c1-3-21-9(2)11(8-18-21)12-7-15(24-20-12)16(23)19-13-6-10(17)4-5-14(13)22/h4-6,8,15,22H,3,7H2,1-2H3,(H,19,23). The van der Waals surface area contributed by atoms with Crippen molar-refractivity contribution in [3.63, 3.8) is 0 Å². The quantitative estimate of drug-likeness (QED) is 0.831. The zero-order valence-corrected chi connectivity index (χ0v) is 14.0. The smallest absolute Gasteiger partial charge is 0.268 e. The van der Waals surface area contributed by atoms with E-state index in [1.807, 2.05) is 18.5 Å². The average molecular weight is 349 g/mol. The molecule has 7 nitrogen and oxygen atoms in total. The molecule has 1 aromatic heterocycles. The number of rotatable bonds is 4. The number of carbonyl (C=O) groups is 1. The van der Waals surface area contributed by atoms with Crippen LogP contribution < -0.4 is 5.32 Å². The second-order valence-corrected chi connectivity index (χ2v) is 5.88. The largest absolute Gasteiger partial charge is 0.506 e. The Morgan fingerprint density at radius 3 is 3.04 bits per heavy atom. The summed E-state index contributed by atoms with van der Waals surface area (Å²) in [5.74, 6) is -0.459. The van der Waals surface area contributed by atoms with Gasteiger partial charge in [0.25, 0.3) is 5.91 Å². The number of carbonyl (C=O) groups excluding carboxylic acids is 1. The second kappa shape index (κ2) is 6.52. The maximum absolute atomic E-state index is 12.3. The Balaban J connectivity index is 1.69. The molecule has 0 aliphatic carbocycles. The van der Waals surface area contributed by atoms with Crippen molar-refractivity contribution in [3.8, 4) is 5.75 Å². The highest BCUT2D eigenvalue weighted by Gasteiger charge is 2.30. The maximum Gasteiger partial charge on any atom is 0.268 e. The lowest BCUT2D eigenvalue weighted by atomic mass is 10.1. The molecule has 126 valence electrons. The number of anilines is 1. The molecule has 0 saturated carbocycles. The summed E-state index contributed by atoms with van der Waals surface area (Å²) in [5.41, 5.74) is 2.77. The molecule has 0 radical (unpaired) electrons. The average Bonchev–Trinajstić information content (AvgIpc) is 3.17. The molecule has 0 bridgehead atoms. The molecular weight excluding hydrogens is 332 g/mol.